The van der Waals surface area contributed by atoms with Gasteiger partial charge in [-0.05, 0) is 43.7 Å². The van der Waals surface area contributed by atoms with Crippen LogP contribution in [0.1, 0.15) is 21.6 Å². The van der Waals surface area contributed by atoms with Crippen LogP contribution in [0, 0.1) is 13.8 Å². The molecule has 3 nitrogen and oxygen atoms in total. The molecule has 0 unspecified atom stereocenters. The van der Waals surface area contributed by atoms with Gasteiger partial charge in [0.2, 0.25) is 0 Å². The van der Waals surface area contributed by atoms with E-state index in [0.717, 1.165) is 16.3 Å². The second-order valence-corrected chi connectivity index (χ2v) is 5.09. The molecule has 0 fully saturated rings. The van der Waals surface area contributed by atoms with Gasteiger partial charge in [-0.25, -0.2) is 9.78 Å². The van der Waals surface area contributed by atoms with Crippen molar-refractivity contribution in [2.45, 2.75) is 23.8 Å². The maximum absolute atomic E-state index is 11.1. The number of hydrogen-bond donors (Lipinski definition) is 1. The fourth-order valence-electron chi connectivity index (χ4n) is 1.70. The SMILES string of the molecule is Cc1cc(C)nc(Sc2ccccc2C(=O)O)c1. The highest BCUT2D eigenvalue weighted by Crippen LogP contribution is 2.29. The van der Waals surface area contributed by atoms with Gasteiger partial charge < -0.3 is 5.11 Å². The van der Waals surface area contributed by atoms with Gasteiger partial charge in [0.15, 0.2) is 0 Å². The summed E-state index contributed by atoms with van der Waals surface area (Å²) in [4.78, 5) is 16.2. The lowest BCUT2D eigenvalue weighted by atomic mass is 10.2. The Labute approximate surface area is 110 Å². The molecule has 4 heteroatoms. The van der Waals surface area contributed by atoms with Gasteiger partial charge in [0.25, 0.3) is 0 Å². The van der Waals surface area contributed by atoms with Gasteiger partial charge in [-0.3, -0.25) is 0 Å². The van der Waals surface area contributed by atoms with Crippen LogP contribution in [0.3, 0.4) is 0 Å². The van der Waals surface area contributed by atoms with Gasteiger partial charge >= 0.3 is 5.97 Å². The van der Waals surface area contributed by atoms with Crippen LogP contribution in [-0.4, -0.2) is 16.1 Å². The molecule has 0 aliphatic heterocycles. The van der Waals surface area contributed by atoms with Crippen LogP contribution in [0.2, 0.25) is 0 Å². The first-order valence-corrected chi connectivity index (χ1v) is 6.33. The predicted molar refractivity (Wildman–Crippen MR) is 71.2 cm³/mol. The highest BCUT2D eigenvalue weighted by Gasteiger charge is 2.11. The summed E-state index contributed by atoms with van der Waals surface area (Å²) < 4.78 is 0. The molecule has 1 aromatic carbocycles. The Hall–Kier alpha value is -1.81. The Balaban J connectivity index is 2.37. The predicted octanol–water partition coefficient (Wildman–Crippen LogP) is 3.55. The number of carbonyl (C=O) groups is 1. The van der Waals surface area contributed by atoms with Gasteiger partial charge in [-0.1, -0.05) is 23.9 Å². The summed E-state index contributed by atoms with van der Waals surface area (Å²) >= 11 is 1.38. The molecule has 0 amide bonds. The lowest BCUT2D eigenvalue weighted by molar-refractivity contribution is 0.0693. The number of aryl methyl sites for hydroxylation is 2. The van der Waals surface area contributed by atoms with Crippen LogP contribution in [0.5, 0.6) is 0 Å². The number of aromatic nitrogens is 1. The summed E-state index contributed by atoms with van der Waals surface area (Å²) in [6.45, 7) is 3.93. The van der Waals surface area contributed by atoms with Crippen molar-refractivity contribution in [1.82, 2.24) is 4.98 Å². The molecule has 0 spiro atoms. The minimum absolute atomic E-state index is 0.309. The molecular formula is C14H13NO2S. The van der Waals surface area contributed by atoms with E-state index in [2.05, 4.69) is 4.98 Å². The van der Waals surface area contributed by atoms with Gasteiger partial charge in [0, 0.05) is 10.6 Å². The first-order chi connectivity index (χ1) is 8.56. The average molecular weight is 259 g/mol. The minimum atomic E-state index is -0.914. The number of nitrogens with zero attached hydrogens (tertiary/aromatic N) is 1. The monoisotopic (exact) mass is 259 g/mol. The lowest BCUT2D eigenvalue weighted by Gasteiger charge is -2.06. The van der Waals surface area contributed by atoms with Crippen molar-refractivity contribution in [3.05, 3.63) is 53.2 Å². The third kappa shape index (κ3) is 2.90. The average Bonchev–Trinajstić information content (AvgIpc) is 2.27. The molecule has 0 saturated heterocycles. The fraction of sp³-hybridized carbons (Fsp3) is 0.143. The second-order valence-electron chi connectivity index (χ2n) is 4.03. The van der Waals surface area contributed by atoms with E-state index in [1.54, 1.807) is 18.2 Å². The Morgan fingerprint density at radius 3 is 2.61 bits per heavy atom. The highest BCUT2D eigenvalue weighted by atomic mass is 32.2. The van der Waals surface area contributed by atoms with Crippen molar-refractivity contribution in [2.75, 3.05) is 0 Å². The molecule has 2 aromatic rings. The van der Waals surface area contributed by atoms with Crippen LogP contribution in [0.25, 0.3) is 0 Å². The largest absolute Gasteiger partial charge is 0.478 e. The topological polar surface area (TPSA) is 50.2 Å². The minimum Gasteiger partial charge on any atom is -0.478 e. The maximum Gasteiger partial charge on any atom is 0.336 e. The van der Waals surface area contributed by atoms with Crippen LogP contribution < -0.4 is 0 Å². The molecule has 0 aliphatic rings. The van der Waals surface area contributed by atoms with E-state index >= 15 is 0 Å². The molecule has 0 aliphatic carbocycles. The molecule has 0 saturated carbocycles. The van der Waals surface area contributed by atoms with Crippen molar-refractivity contribution >= 4 is 17.7 Å². The van der Waals surface area contributed by atoms with Crippen molar-refractivity contribution in [1.29, 1.82) is 0 Å². The zero-order chi connectivity index (χ0) is 13.1. The Morgan fingerprint density at radius 1 is 1.22 bits per heavy atom. The first kappa shape index (κ1) is 12.6. The maximum atomic E-state index is 11.1. The molecule has 92 valence electrons. The summed E-state index contributed by atoms with van der Waals surface area (Å²) in [5.74, 6) is -0.914. The Morgan fingerprint density at radius 2 is 1.94 bits per heavy atom. The highest BCUT2D eigenvalue weighted by molar-refractivity contribution is 7.99. The molecule has 0 radical (unpaired) electrons. The van der Waals surface area contributed by atoms with E-state index in [4.69, 9.17) is 5.11 Å². The van der Waals surface area contributed by atoms with Crippen LogP contribution in [-0.2, 0) is 0 Å². The molecular weight excluding hydrogens is 246 g/mol. The van der Waals surface area contributed by atoms with Crippen molar-refractivity contribution in [3.63, 3.8) is 0 Å². The molecule has 0 bridgehead atoms. The van der Waals surface area contributed by atoms with E-state index in [0.29, 0.717) is 10.5 Å². The van der Waals surface area contributed by atoms with Crippen LogP contribution in [0.4, 0.5) is 0 Å². The summed E-state index contributed by atoms with van der Waals surface area (Å²) in [6.07, 6.45) is 0. The Bertz CT molecular complexity index is 576. The molecule has 2 rings (SSSR count). The van der Waals surface area contributed by atoms with E-state index in [1.807, 2.05) is 32.0 Å². The summed E-state index contributed by atoms with van der Waals surface area (Å²) in [6, 6.07) is 10.9. The number of benzene rings is 1. The first-order valence-electron chi connectivity index (χ1n) is 5.52. The Kier molecular flexibility index (Phi) is 3.67. The molecule has 1 N–H and O–H groups in total. The fourth-order valence-corrected chi connectivity index (χ4v) is 2.77. The van der Waals surface area contributed by atoms with E-state index in [9.17, 15) is 4.79 Å². The van der Waals surface area contributed by atoms with Gasteiger partial charge in [-0.15, -0.1) is 0 Å². The number of carboxylic acids is 1. The summed E-state index contributed by atoms with van der Waals surface area (Å²) in [7, 11) is 0. The van der Waals surface area contributed by atoms with Crippen molar-refractivity contribution in [2.24, 2.45) is 0 Å². The standard InChI is InChI=1S/C14H13NO2S/c1-9-7-10(2)15-13(8-9)18-12-6-4-3-5-11(12)14(16)17/h3-8H,1-2H3,(H,16,17). The third-order valence-electron chi connectivity index (χ3n) is 2.41. The second kappa shape index (κ2) is 5.23. The van der Waals surface area contributed by atoms with E-state index in [-0.39, 0.29) is 0 Å². The number of hydrogen-bond acceptors (Lipinski definition) is 3. The number of carboxylic acid groups (broad SMARTS) is 1. The van der Waals surface area contributed by atoms with Gasteiger partial charge in [-0.2, -0.15) is 0 Å². The normalized spacial score (nSPS) is 10.3. The number of aromatic carboxylic acids is 1. The van der Waals surface area contributed by atoms with Crippen LogP contribution in [0.15, 0.2) is 46.3 Å². The molecule has 18 heavy (non-hydrogen) atoms. The quantitative estimate of drug-likeness (QED) is 0.915. The zero-order valence-electron chi connectivity index (χ0n) is 10.2. The van der Waals surface area contributed by atoms with E-state index in [1.165, 1.54) is 11.8 Å². The zero-order valence-corrected chi connectivity index (χ0v) is 11.0. The lowest BCUT2D eigenvalue weighted by Crippen LogP contribution is -1.98. The third-order valence-corrected chi connectivity index (χ3v) is 3.40. The summed E-state index contributed by atoms with van der Waals surface area (Å²) in [5, 5.41) is 9.94. The summed E-state index contributed by atoms with van der Waals surface area (Å²) in [5.41, 5.74) is 2.37. The van der Waals surface area contributed by atoms with Gasteiger partial charge in [0.05, 0.1) is 5.56 Å². The van der Waals surface area contributed by atoms with Crippen LogP contribution >= 0.6 is 11.8 Å². The van der Waals surface area contributed by atoms with E-state index < -0.39 is 5.97 Å². The number of pyridine rings is 1. The molecule has 1 aromatic heterocycles. The smallest absolute Gasteiger partial charge is 0.336 e. The molecule has 0 atom stereocenters. The number of rotatable bonds is 3. The van der Waals surface area contributed by atoms with Crippen molar-refractivity contribution in [3.8, 4) is 0 Å². The molecule has 1 heterocycles. The van der Waals surface area contributed by atoms with Crippen molar-refractivity contribution < 1.29 is 9.90 Å². The van der Waals surface area contributed by atoms with Gasteiger partial charge in [0.1, 0.15) is 5.03 Å².